The summed E-state index contributed by atoms with van der Waals surface area (Å²) < 4.78 is 5.48. The van der Waals surface area contributed by atoms with Gasteiger partial charge < -0.3 is 4.74 Å². The molecular formula is C12H19ClN2O. The van der Waals surface area contributed by atoms with Gasteiger partial charge in [-0.25, -0.2) is 0 Å². The van der Waals surface area contributed by atoms with E-state index in [1.807, 2.05) is 19.1 Å². The van der Waals surface area contributed by atoms with Gasteiger partial charge in [-0.3, -0.25) is 11.3 Å². The molecule has 4 heteroatoms. The van der Waals surface area contributed by atoms with Gasteiger partial charge in [-0.1, -0.05) is 24.6 Å². The average molecular weight is 243 g/mol. The summed E-state index contributed by atoms with van der Waals surface area (Å²) in [5, 5.41) is 0.728. The fraction of sp³-hybridized carbons (Fsp3) is 0.500. The standard InChI is InChI=1S/C12H19ClN2O/c1-3-4-16-8-12(15-14)10-5-9(2)6-11(13)7-10/h5-7,12,15H,3-4,8,14H2,1-2H3. The van der Waals surface area contributed by atoms with Crippen molar-refractivity contribution in [2.75, 3.05) is 13.2 Å². The molecule has 3 N–H and O–H groups in total. The van der Waals surface area contributed by atoms with E-state index >= 15 is 0 Å². The maximum absolute atomic E-state index is 6.00. The van der Waals surface area contributed by atoms with Gasteiger partial charge in [-0.15, -0.1) is 0 Å². The number of benzene rings is 1. The Morgan fingerprint density at radius 2 is 2.19 bits per heavy atom. The molecule has 16 heavy (non-hydrogen) atoms. The Morgan fingerprint density at radius 1 is 1.44 bits per heavy atom. The minimum absolute atomic E-state index is 0.0102. The molecule has 0 saturated carbocycles. The molecule has 0 aliphatic heterocycles. The third kappa shape index (κ3) is 4.10. The normalized spacial score (nSPS) is 12.8. The molecule has 0 bridgehead atoms. The number of hydrogen-bond donors (Lipinski definition) is 2. The van der Waals surface area contributed by atoms with Crippen molar-refractivity contribution in [3.8, 4) is 0 Å². The van der Waals surface area contributed by atoms with Crippen LogP contribution in [0.5, 0.6) is 0 Å². The van der Waals surface area contributed by atoms with Crippen molar-refractivity contribution in [1.82, 2.24) is 5.43 Å². The SMILES string of the molecule is CCCOCC(NN)c1cc(C)cc(Cl)c1. The van der Waals surface area contributed by atoms with Gasteiger partial charge >= 0.3 is 0 Å². The van der Waals surface area contributed by atoms with Crippen LogP contribution in [0.4, 0.5) is 0 Å². The van der Waals surface area contributed by atoms with Gasteiger partial charge in [-0.05, 0) is 36.6 Å². The lowest BCUT2D eigenvalue weighted by Gasteiger charge is -2.17. The van der Waals surface area contributed by atoms with E-state index in [0.717, 1.165) is 29.2 Å². The van der Waals surface area contributed by atoms with E-state index in [1.54, 1.807) is 0 Å². The van der Waals surface area contributed by atoms with Crippen molar-refractivity contribution >= 4 is 11.6 Å². The Labute approximate surface area is 102 Å². The summed E-state index contributed by atoms with van der Waals surface area (Å²) in [6.45, 7) is 5.39. The number of halogens is 1. The second-order valence-corrected chi connectivity index (χ2v) is 4.29. The predicted octanol–water partition coefficient (Wildman–Crippen LogP) is 2.58. The molecule has 0 amide bonds. The maximum Gasteiger partial charge on any atom is 0.0694 e. The molecule has 0 heterocycles. The molecule has 0 spiro atoms. The molecule has 0 radical (unpaired) electrons. The number of hydrogen-bond acceptors (Lipinski definition) is 3. The highest BCUT2D eigenvalue weighted by Crippen LogP contribution is 2.20. The van der Waals surface area contributed by atoms with Crippen LogP contribution in [-0.4, -0.2) is 13.2 Å². The minimum atomic E-state index is -0.0102. The molecule has 1 rings (SSSR count). The highest BCUT2D eigenvalue weighted by Gasteiger charge is 2.10. The third-order valence-corrected chi connectivity index (χ3v) is 2.52. The molecule has 90 valence electrons. The second-order valence-electron chi connectivity index (χ2n) is 3.86. The van der Waals surface area contributed by atoms with Crippen LogP contribution in [0.2, 0.25) is 5.02 Å². The van der Waals surface area contributed by atoms with Crippen LogP contribution in [0.1, 0.15) is 30.5 Å². The monoisotopic (exact) mass is 242 g/mol. The van der Waals surface area contributed by atoms with Crippen LogP contribution in [0.25, 0.3) is 0 Å². The summed E-state index contributed by atoms with van der Waals surface area (Å²) in [6, 6.07) is 5.88. The van der Waals surface area contributed by atoms with E-state index in [0.29, 0.717) is 6.61 Å². The number of hydrazine groups is 1. The molecule has 1 unspecified atom stereocenters. The lowest BCUT2D eigenvalue weighted by Crippen LogP contribution is -2.31. The molecule has 1 aromatic rings. The van der Waals surface area contributed by atoms with Crippen LogP contribution >= 0.6 is 11.6 Å². The molecule has 0 saturated heterocycles. The van der Waals surface area contributed by atoms with Crippen LogP contribution < -0.4 is 11.3 Å². The zero-order valence-electron chi connectivity index (χ0n) is 9.79. The van der Waals surface area contributed by atoms with Gasteiger partial charge in [0.15, 0.2) is 0 Å². The summed E-state index contributed by atoms with van der Waals surface area (Å²) in [4.78, 5) is 0. The van der Waals surface area contributed by atoms with Crippen LogP contribution in [-0.2, 0) is 4.74 Å². The molecule has 1 aromatic carbocycles. The summed E-state index contributed by atoms with van der Waals surface area (Å²) in [5.74, 6) is 5.51. The van der Waals surface area contributed by atoms with E-state index in [9.17, 15) is 0 Å². The summed E-state index contributed by atoms with van der Waals surface area (Å²) in [7, 11) is 0. The zero-order chi connectivity index (χ0) is 12.0. The molecule has 0 aromatic heterocycles. The summed E-state index contributed by atoms with van der Waals surface area (Å²) in [6.07, 6.45) is 1.01. The van der Waals surface area contributed by atoms with Gasteiger partial charge in [0.1, 0.15) is 0 Å². The van der Waals surface area contributed by atoms with Crippen molar-refractivity contribution in [1.29, 1.82) is 0 Å². The van der Waals surface area contributed by atoms with E-state index < -0.39 is 0 Å². The first-order valence-electron chi connectivity index (χ1n) is 5.48. The fourth-order valence-corrected chi connectivity index (χ4v) is 1.85. The number of nitrogens with one attached hydrogen (secondary N) is 1. The minimum Gasteiger partial charge on any atom is -0.379 e. The highest BCUT2D eigenvalue weighted by atomic mass is 35.5. The Kier molecular flexibility index (Phi) is 5.77. The van der Waals surface area contributed by atoms with E-state index in [4.69, 9.17) is 22.2 Å². The first-order valence-corrected chi connectivity index (χ1v) is 5.86. The Morgan fingerprint density at radius 3 is 2.75 bits per heavy atom. The van der Waals surface area contributed by atoms with Crippen molar-refractivity contribution in [2.24, 2.45) is 5.84 Å². The Bertz CT molecular complexity index is 311. The third-order valence-electron chi connectivity index (χ3n) is 2.30. The van der Waals surface area contributed by atoms with Crippen LogP contribution in [0, 0.1) is 6.92 Å². The lowest BCUT2D eigenvalue weighted by atomic mass is 10.1. The molecule has 3 nitrogen and oxygen atoms in total. The fourth-order valence-electron chi connectivity index (χ4n) is 1.55. The van der Waals surface area contributed by atoms with Crippen molar-refractivity contribution in [3.05, 3.63) is 34.3 Å². The highest BCUT2D eigenvalue weighted by molar-refractivity contribution is 6.30. The van der Waals surface area contributed by atoms with Gasteiger partial charge in [0, 0.05) is 11.6 Å². The predicted molar refractivity (Wildman–Crippen MR) is 67.4 cm³/mol. The topological polar surface area (TPSA) is 47.3 Å². The summed E-state index contributed by atoms with van der Waals surface area (Å²) >= 11 is 6.00. The first kappa shape index (κ1) is 13.5. The molecule has 0 aliphatic carbocycles. The largest absolute Gasteiger partial charge is 0.379 e. The average Bonchev–Trinajstić information content (AvgIpc) is 2.23. The zero-order valence-corrected chi connectivity index (χ0v) is 10.6. The van der Waals surface area contributed by atoms with Crippen molar-refractivity contribution < 1.29 is 4.74 Å². The Balaban J connectivity index is 2.70. The first-order chi connectivity index (χ1) is 7.67. The van der Waals surface area contributed by atoms with E-state index in [-0.39, 0.29) is 6.04 Å². The van der Waals surface area contributed by atoms with Crippen molar-refractivity contribution in [3.63, 3.8) is 0 Å². The number of ether oxygens (including phenoxy) is 1. The van der Waals surface area contributed by atoms with Crippen LogP contribution in [0.3, 0.4) is 0 Å². The second kappa shape index (κ2) is 6.86. The molecular weight excluding hydrogens is 224 g/mol. The maximum atomic E-state index is 6.00. The molecule has 0 aliphatic rings. The van der Waals surface area contributed by atoms with Crippen LogP contribution in [0.15, 0.2) is 18.2 Å². The quantitative estimate of drug-likeness (QED) is 0.458. The van der Waals surface area contributed by atoms with Gasteiger partial charge in [0.2, 0.25) is 0 Å². The van der Waals surface area contributed by atoms with Gasteiger partial charge in [-0.2, -0.15) is 0 Å². The molecule has 0 fully saturated rings. The Hall–Kier alpha value is -0.610. The molecule has 1 atom stereocenters. The van der Waals surface area contributed by atoms with Gasteiger partial charge in [0.25, 0.3) is 0 Å². The summed E-state index contributed by atoms with van der Waals surface area (Å²) in [5.41, 5.74) is 4.93. The smallest absolute Gasteiger partial charge is 0.0694 e. The number of aryl methyl sites for hydroxylation is 1. The van der Waals surface area contributed by atoms with Gasteiger partial charge in [0.05, 0.1) is 12.6 Å². The number of rotatable bonds is 6. The van der Waals surface area contributed by atoms with E-state index in [2.05, 4.69) is 18.4 Å². The number of nitrogens with two attached hydrogens (primary N) is 1. The lowest BCUT2D eigenvalue weighted by molar-refractivity contribution is 0.112. The van der Waals surface area contributed by atoms with Crippen molar-refractivity contribution in [2.45, 2.75) is 26.3 Å². The van der Waals surface area contributed by atoms with E-state index in [1.165, 1.54) is 0 Å².